The van der Waals surface area contributed by atoms with E-state index in [4.69, 9.17) is 9.47 Å². The van der Waals surface area contributed by atoms with Crippen LogP contribution in [0, 0.1) is 0 Å². The van der Waals surface area contributed by atoms with Gasteiger partial charge in [0.15, 0.2) is 11.2 Å². The molecule has 2 aromatic heterocycles. The molecule has 0 radical (unpaired) electrons. The maximum absolute atomic E-state index is 13.2. The number of hydrogen-bond donors (Lipinski definition) is 0. The number of ether oxygens (including phenoxy) is 2. The highest BCUT2D eigenvalue weighted by Crippen LogP contribution is 2.28. The van der Waals surface area contributed by atoms with Gasteiger partial charge in [0.1, 0.15) is 11.5 Å². The van der Waals surface area contributed by atoms with E-state index < -0.39 is 26.8 Å². The summed E-state index contributed by atoms with van der Waals surface area (Å²) >= 11 is 0. The first-order chi connectivity index (χ1) is 14.1. The van der Waals surface area contributed by atoms with Crippen LogP contribution in [0.3, 0.4) is 0 Å². The minimum atomic E-state index is -3.98. The third kappa shape index (κ3) is 3.60. The van der Waals surface area contributed by atoms with Crippen molar-refractivity contribution in [2.75, 3.05) is 13.7 Å². The topological polar surface area (TPSA) is 114 Å². The summed E-state index contributed by atoms with van der Waals surface area (Å²) in [5.41, 5.74) is -0.754. The molecular formula is C19H24N4O6S. The van der Waals surface area contributed by atoms with E-state index in [9.17, 15) is 18.0 Å². The molecule has 162 valence electrons. The molecule has 3 aromatic rings. The van der Waals surface area contributed by atoms with E-state index in [1.54, 1.807) is 18.2 Å². The Balaban J connectivity index is 2.13. The fraction of sp³-hybridized carbons (Fsp3) is 0.421. The number of sulfone groups is 1. The fourth-order valence-electron chi connectivity index (χ4n) is 3.22. The highest BCUT2D eigenvalue weighted by molar-refractivity contribution is 7.90. The van der Waals surface area contributed by atoms with E-state index in [-0.39, 0.29) is 16.3 Å². The third-order valence-corrected chi connectivity index (χ3v) is 6.40. The normalized spacial score (nSPS) is 11.8. The van der Waals surface area contributed by atoms with Crippen LogP contribution in [0.4, 0.5) is 0 Å². The summed E-state index contributed by atoms with van der Waals surface area (Å²) in [7, 11) is 1.67. The molecule has 0 N–H and O–H groups in total. The van der Waals surface area contributed by atoms with Crippen LogP contribution < -0.4 is 20.7 Å². The van der Waals surface area contributed by atoms with Gasteiger partial charge in [0.05, 0.1) is 19.5 Å². The van der Waals surface area contributed by atoms with E-state index in [1.807, 2.05) is 6.92 Å². The fourth-order valence-corrected chi connectivity index (χ4v) is 4.72. The third-order valence-electron chi connectivity index (χ3n) is 4.78. The highest BCUT2D eigenvalue weighted by Gasteiger charge is 2.27. The van der Waals surface area contributed by atoms with E-state index in [2.05, 4.69) is 4.98 Å². The summed E-state index contributed by atoms with van der Waals surface area (Å²) in [5, 5.41) is -0.308. The maximum atomic E-state index is 13.2. The second-order valence-corrected chi connectivity index (χ2v) is 8.80. The molecule has 0 fully saturated rings. The molecular weight excluding hydrogens is 412 g/mol. The minimum absolute atomic E-state index is 0.0103. The molecule has 0 aliphatic heterocycles. The first-order valence-electron chi connectivity index (χ1n) is 9.27. The van der Waals surface area contributed by atoms with Crippen molar-refractivity contribution in [3.63, 3.8) is 0 Å². The predicted octanol–water partition coefficient (Wildman–Crippen LogP) is 0.742. The van der Waals surface area contributed by atoms with Gasteiger partial charge in [-0.1, -0.05) is 6.92 Å². The highest BCUT2D eigenvalue weighted by atomic mass is 32.2. The Kier molecular flexibility index (Phi) is 5.75. The Bertz CT molecular complexity index is 1330. The van der Waals surface area contributed by atoms with Gasteiger partial charge in [0.25, 0.3) is 5.56 Å². The molecule has 0 aliphatic carbocycles. The number of nitrogens with zero attached hydrogens (tertiary/aromatic N) is 4. The van der Waals surface area contributed by atoms with Gasteiger partial charge in [-0.05, 0) is 24.6 Å². The van der Waals surface area contributed by atoms with Crippen molar-refractivity contribution in [3.05, 3.63) is 44.6 Å². The monoisotopic (exact) mass is 436 g/mol. The quantitative estimate of drug-likeness (QED) is 0.537. The molecule has 0 spiro atoms. The molecule has 0 unspecified atom stereocenters. The molecule has 3 rings (SSSR count). The number of benzene rings is 1. The molecule has 11 heteroatoms. The molecule has 0 bridgehead atoms. The molecule has 0 saturated carbocycles. The number of imidazole rings is 1. The summed E-state index contributed by atoms with van der Waals surface area (Å²) in [6.45, 7) is 2.47. The van der Waals surface area contributed by atoms with E-state index in [1.165, 1.54) is 32.8 Å². The Morgan fingerprint density at radius 1 is 1.07 bits per heavy atom. The lowest BCUT2D eigenvalue weighted by Crippen LogP contribution is -2.37. The van der Waals surface area contributed by atoms with Crippen LogP contribution in [0.15, 0.2) is 32.9 Å². The van der Waals surface area contributed by atoms with Gasteiger partial charge < -0.3 is 14.0 Å². The van der Waals surface area contributed by atoms with Gasteiger partial charge in [-0.2, -0.15) is 4.98 Å². The molecule has 30 heavy (non-hydrogen) atoms. The summed E-state index contributed by atoms with van der Waals surface area (Å²) in [6, 6.07) is 4.97. The summed E-state index contributed by atoms with van der Waals surface area (Å²) in [5.74, 6) is 0.513. The molecule has 0 amide bonds. The van der Waals surface area contributed by atoms with Crippen LogP contribution in [0.5, 0.6) is 11.5 Å². The largest absolute Gasteiger partial charge is 0.496 e. The number of hydrogen-bond acceptors (Lipinski definition) is 7. The van der Waals surface area contributed by atoms with Crippen molar-refractivity contribution in [2.24, 2.45) is 21.1 Å². The van der Waals surface area contributed by atoms with Gasteiger partial charge >= 0.3 is 5.69 Å². The van der Waals surface area contributed by atoms with Crippen molar-refractivity contribution in [2.45, 2.75) is 24.3 Å². The number of methoxy groups -OCH3 is 1. The van der Waals surface area contributed by atoms with Crippen LogP contribution in [-0.2, 0) is 36.7 Å². The number of rotatable bonds is 7. The Labute approximate surface area is 173 Å². The summed E-state index contributed by atoms with van der Waals surface area (Å²) in [4.78, 5) is 28.8. The molecule has 1 aromatic carbocycles. The molecule has 0 aliphatic rings. The zero-order valence-corrected chi connectivity index (χ0v) is 18.3. The molecule has 0 atom stereocenters. The summed E-state index contributed by atoms with van der Waals surface area (Å²) in [6.07, 6.45) is 0.813. The van der Waals surface area contributed by atoms with Crippen LogP contribution in [-0.4, -0.2) is 40.8 Å². The van der Waals surface area contributed by atoms with Gasteiger partial charge in [-0.15, -0.1) is 0 Å². The Hall–Kier alpha value is -3.08. The number of aromatic nitrogens is 4. The van der Waals surface area contributed by atoms with Crippen LogP contribution in [0.1, 0.15) is 18.9 Å². The number of fused-ring (bicyclic) bond motifs is 1. The molecule has 0 saturated heterocycles. The smallest absolute Gasteiger partial charge is 0.332 e. The lowest BCUT2D eigenvalue weighted by Gasteiger charge is -2.12. The van der Waals surface area contributed by atoms with E-state index >= 15 is 0 Å². The van der Waals surface area contributed by atoms with Crippen molar-refractivity contribution in [1.82, 2.24) is 18.7 Å². The lowest BCUT2D eigenvalue weighted by molar-refractivity contribution is 0.316. The molecule has 10 nitrogen and oxygen atoms in total. The minimum Gasteiger partial charge on any atom is -0.496 e. The standard InChI is InChI=1S/C19H24N4O6S/c1-6-9-29-13-7-8-14(28-5)12(10-13)11-30(26,27)18-20-16-15(21(18)2)17(24)23(4)19(25)22(16)3/h7-8,10H,6,9,11H2,1-5H3. The second-order valence-electron chi connectivity index (χ2n) is 6.91. The second kappa shape index (κ2) is 7.98. The van der Waals surface area contributed by atoms with Gasteiger partial charge in [-0.3, -0.25) is 13.9 Å². The van der Waals surface area contributed by atoms with Gasteiger partial charge in [-0.25, -0.2) is 13.2 Å². The van der Waals surface area contributed by atoms with Crippen molar-refractivity contribution in [3.8, 4) is 11.5 Å². The SMILES string of the molecule is CCCOc1ccc(OC)c(CS(=O)(=O)c2nc3c(c(=O)n(C)c(=O)n3C)n2C)c1. The van der Waals surface area contributed by atoms with Gasteiger partial charge in [0, 0.05) is 26.7 Å². The maximum Gasteiger partial charge on any atom is 0.332 e. The number of aryl methyl sites for hydroxylation is 2. The van der Waals surface area contributed by atoms with Crippen LogP contribution >= 0.6 is 0 Å². The Morgan fingerprint density at radius 2 is 1.77 bits per heavy atom. The van der Waals surface area contributed by atoms with Crippen LogP contribution in [0.2, 0.25) is 0 Å². The zero-order valence-electron chi connectivity index (χ0n) is 17.5. The van der Waals surface area contributed by atoms with Crippen molar-refractivity contribution >= 4 is 21.0 Å². The zero-order chi connectivity index (χ0) is 22.2. The first-order valence-corrected chi connectivity index (χ1v) is 10.9. The average molecular weight is 436 g/mol. The first kappa shape index (κ1) is 21.6. The predicted molar refractivity (Wildman–Crippen MR) is 111 cm³/mol. The van der Waals surface area contributed by atoms with Crippen molar-refractivity contribution in [1.29, 1.82) is 0 Å². The average Bonchev–Trinajstić information content (AvgIpc) is 3.07. The Morgan fingerprint density at radius 3 is 2.40 bits per heavy atom. The van der Waals surface area contributed by atoms with Crippen LogP contribution in [0.25, 0.3) is 11.2 Å². The van der Waals surface area contributed by atoms with E-state index in [0.717, 1.165) is 15.6 Å². The molecule has 2 heterocycles. The van der Waals surface area contributed by atoms with E-state index in [0.29, 0.717) is 23.7 Å². The van der Waals surface area contributed by atoms with Gasteiger partial charge in [0.2, 0.25) is 15.0 Å². The summed E-state index contributed by atoms with van der Waals surface area (Å²) < 4.78 is 40.6. The lowest BCUT2D eigenvalue weighted by atomic mass is 10.2. The van der Waals surface area contributed by atoms with Crippen molar-refractivity contribution < 1.29 is 17.9 Å².